The Labute approximate surface area is 106 Å². The summed E-state index contributed by atoms with van der Waals surface area (Å²) in [4.78, 5) is 1.99. The van der Waals surface area contributed by atoms with E-state index in [0.717, 1.165) is 22.5 Å². The number of aromatic hydroxyl groups is 1. The molecule has 0 unspecified atom stereocenters. The van der Waals surface area contributed by atoms with Crippen molar-refractivity contribution in [2.24, 2.45) is 0 Å². The van der Waals surface area contributed by atoms with Gasteiger partial charge < -0.3 is 10.0 Å². The second-order valence-electron chi connectivity index (χ2n) is 4.07. The average Bonchev–Trinajstić information content (AvgIpc) is 2.28. The molecule has 1 aromatic rings. The van der Waals surface area contributed by atoms with E-state index in [1.807, 2.05) is 37.1 Å². The lowest BCUT2D eigenvalue weighted by atomic mass is 10.0. The van der Waals surface area contributed by atoms with Gasteiger partial charge in [-0.05, 0) is 36.8 Å². The van der Waals surface area contributed by atoms with Gasteiger partial charge in [-0.1, -0.05) is 24.3 Å². The molecule has 0 amide bonds. The molecule has 1 N–H and O–H groups in total. The van der Waals surface area contributed by atoms with E-state index in [9.17, 15) is 5.11 Å². The lowest BCUT2D eigenvalue weighted by Crippen LogP contribution is -2.18. The third-order valence-corrected chi connectivity index (χ3v) is 3.25. The second-order valence-corrected chi connectivity index (χ2v) is 4.48. The third-order valence-electron chi connectivity index (χ3n) is 2.94. The molecule has 1 aliphatic rings. The molecule has 1 aromatic carbocycles. The van der Waals surface area contributed by atoms with Crippen molar-refractivity contribution in [3.8, 4) is 5.75 Å². The fourth-order valence-corrected chi connectivity index (χ4v) is 2.08. The smallest absolute Gasteiger partial charge is 0.117 e. The molecule has 2 rings (SSSR count). The first-order valence-corrected chi connectivity index (χ1v) is 5.69. The second kappa shape index (κ2) is 4.30. The van der Waals surface area contributed by atoms with Gasteiger partial charge in [-0.25, -0.2) is 0 Å². The summed E-state index contributed by atoms with van der Waals surface area (Å²) < 4.78 is 0. The van der Waals surface area contributed by atoms with Gasteiger partial charge in [0.2, 0.25) is 0 Å². The number of hydrogen-bond donors (Lipinski definition) is 1. The van der Waals surface area contributed by atoms with E-state index in [1.54, 1.807) is 12.1 Å². The molecule has 0 radical (unpaired) electrons. The summed E-state index contributed by atoms with van der Waals surface area (Å²) in [6.45, 7) is 6.04. The van der Waals surface area contributed by atoms with Gasteiger partial charge in [-0.2, -0.15) is 0 Å². The van der Waals surface area contributed by atoms with Gasteiger partial charge in [-0.3, -0.25) is 0 Å². The Morgan fingerprint density at radius 2 is 2.00 bits per heavy atom. The lowest BCUT2D eigenvalue weighted by molar-refractivity contribution is 0.475. The molecule has 0 spiro atoms. The van der Waals surface area contributed by atoms with E-state index in [4.69, 9.17) is 11.6 Å². The van der Waals surface area contributed by atoms with E-state index in [2.05, 4.69) is 6.58 Å². The molecule has 0 saturated carbocycles. The van der Waals surface area contributed by atoms with Crippen LogP contribution in [0.4, 0.5) is 0 Å². The molecule has 0 atom stereocenters. The van der Waals surface area contributed by atoms with Gasteiger partial charge in [-0.15, -0.1) is 0 Å². The number of hydrogen-bond acceptors (Lipinski definition) is 2. The van der Waals surface area contributed by atoms with Crippen molar-refractivity contribution in [3.63, 3.8) is 0 Å². The molecule has 0 aromatic heterocycles. The van der Waals surface area contributed by atoms with Crippen molar-refractivity contribution in [2.75, 3.05) is 7.05 Å². The van der Waals surface area contributed by atoms with Gasteiger partial charge in [0.25, 0.3) is 0 Å². The molecular formula is C14H14ClNO. The number of allylic oxidation sites excluding steroid dienone is 3. The number of phenolic OH excluding ortho intramolecular Hbond substituents is 1. The highest BCUT2D eigenvalue weighted by molar-refractivity contribution is 6.32. The van der Waals surface area contributed by atoms with Crippen LogP contribution in [0.25, 0.3) is 5.70 Å². The fraction of sp³-hybridized carbons (Fsp3) is 0.143. The maximum atomic E-state index is 9.35. The van der Waals surface area contributed by atoms with Crippen LogP contribution in [0.1, 0.15) is 12.5 Å². The first kappa shape index (κ1) is 11.8. The summed E-state index contributed by atoms with van der Waals surface area (Å²) in [6, 6.07) is 4.98. The van der Waals surface area contributed by atoms with Crippen molar-refractivity contribution in [1.29, 1.82) is 0 Å². The number of nitrogens with zero attached hydrogens (tertiary/aromatic N) is 1. The maximum Gasteiger partial charge on any atom is 0.117 e. The van der Waals surface area contributed by atoms with Crippen LogP contribution >= 0.6 is 11.6 Å². The zero-order valence-electron chi connectivity index (χ0n) is 9.87. The van der Waals surface area contributed by atoms with Crippen molar-refractivity contribution in [2.45, 2.75) is 6.92 Å². The molecule has 88 valence electrons. The van der Waals surface area contributed by atoms with Crippen molar-refractivity contribution in [1.82, 2.24) is 4.90 Å². The van der Waals surface area contributed by atoms with Crippen LogP contribution in [-0.2, 0) is 0 Å². The summed E-state index contributed by atoms with van der Waals surface area (Å²) in [5.74, 6) is 0.170. The SMILES string of the molecule is C=C1C(C)=CC=C(c2ccc(O)cc2Cl)N1C. The van der Waals surface area contributed by atoms with E-state index >= 15 is 0 Å². The van der Waals surface area contributed by atoms with Crippen LogP contribution in [0.5, 0.6) is 5.75 Å². The molecule has 3 heteroatoms. The minimum Gasteiger partial charge on any atom is -0.508 e. The Kier molecular flexibility index (Phi) is 2.99. The highest BCUT2D eigenvalue weighted by Crippen LogP contribution is 2.34. The summed E-state index contributed by atoms with van der Waals surface area (Å²) >= 11 is 6.13. The molecule has 2 nitrogen and oxygen atoms in total. The largest absolute Gasteiger partial charge is 0.508 e. The standard InChI is InChI=1S/C14H14ClNO/c1-9-4-7-14(16(3)10(9)2)12-6-5-11(17)8-13(12)15/h4-8,17H,2H2,1,3H3. The predicted molar refractivity (Wildman–Crippen MR) is 71.8 cm³/mol. The van der Waals surface area contributed by atoms with E-state index < -0.39 is 0 Å². The van der Waals surface area contributed by atoms with Crippen LogP contribution in [0.3, 0.4) is 0 Å². The molecule has 0 fully saturated rings. The Morgan fingerprint density at radius 1 is 1.29 bits per heavy atom. The zero-order valence-corrected chi connectivity index (χ0v) is 10.6. The fourth-order valence-electron chi connectivity index (χ4n) is 1.80. The first-order chi connectivity index (χ1) is 8.00. The third kappa shape index (κ3) is 2.08. The number of phenols is 1. The van der Waals surface area contributed by atoms with Gasteiger partial charge >= 0.3 is 0 Å². The average molecular weight is 248 g/mol. The molecule has 0 saturated heterocycles. The zero-order chi connectivity index (χ0) is 12.6. The summed E-state index contributed by atoms with van der Waals surface area (Å²) in [7, 11) is 1.95. The van der Waals surface area contributed by atoms with Crippen molar-refractivity contribution >= 4 is 17.3 Å². The van der Waals surface area contributed by atoms with Crippen LogP contribution in [-0.4, -0.2) is 17.1 Å². The molecule has 1 aliphatic heterocycles. The van der Waals surface area contributed by atoms with Crippen LogP contribution in [0.15, 0.2) is 48.2 Å². The summed E-state index contributed by atoms with van der Waals surface area (Å²) in [5, 5.41) is 9.88. The van der Waals surface area contributed by atoms with Gasteiger partial charge in [0, 0.05) is 24.0 Å². The topological polar surface area (TPSA) is 23.5 Å². The van der Waals surface area contributed by atoms with Crippen LogP contribution in [0.2, 0.25) is 5.02 Å². The van der Waals surface area contributed by atoms with E-state index in [0.29, 0.717) is 5.02 Å². The Balaban J connectivity index is 2.51. The molecule has 17 heavy (non-hydrogen) atoms. The highest BCUT2D eigenvalue weighted by atomic mass is 35.5. The summed E-state index contributed by atoms with van der Waals surface area (Å²) in [5.41, 5.74) is 3.94. The quantitative estimate of drug-likeness (QED) is 0.816. The Hall–Kier alpha value is -1.67. The van der Waals surface area contributed by atoms with Crippen LogP contribution < -0.4 is 0 Å². The minimum atomic E-state index is 0.170. The molecule has 0 bridgehead atoms. The lowest BCUT2D eigenvalue weighted by Gasteiger charge is -2.29. The van der Waals surface area contributed by atoms with Crippen molar-refractivity contribution < 1.29 is 5.11 Å². The number of likely N-dealkylation sites (N-methyl/N-ethyl adjacent to an activating group) is 1. The van der Waals surface area contributed by atoms with Crippen molar-refractivity contribution in [3.05, 3.63) is 58.8 Å². The van der Waals surface area contributed by atoms with Crippen LogP contribution in [0, 0.1) is 0 Å². The van der Waals surface area contributed by atoms with E-state index in [-0.39, 0.29) is 5.75 Å². The Bertz CT molecular complexity index is 543. The van der Waals surface area contributed by atoms with Gasteiger partial charge in [0.15, 0.2) is 0 Å². The monoisotopic (exact) mass is 247 g/mol. The van der Waals surface area contributed by atoms with Gasteiger partial charge in [0.1, 0.15) is 5.75 Å². The molecule has 1 heterocycles. The maximum absolute atomic E-state index is 9.35. The minimum absolute atomic E-state index is 0.170. The number of benzene rings is 1. The van der Waals surface area contributed by atoms with E-state index in [1.165, 1.54) is 0 Å². The normalized spacial score (nSPS) is 15.7. The summed E-state index contributed by atoms with van der Waals surface area (Å²) in [6.07, 6.45) is 4.02. The first-order valence-electron chi connectivity index (χ1n) is 5.31. The van der Waals surface area contributed by atoms with Gasteiger partial charge in [0.05, 0.1) is 5.02 Å². The number of rotatable bonds is 1. The molecule has 0 aliphatic carbocycles. The Morgan fingerprint density at radius 3 is 2.65 bits per heavy atom. The number of halogens is 1. The highest BCUT2D eigenvalue weighted by Gasteiger charge is 2.17. The predicted octanol–water partition coefficient (Wildman–Crippen LogP) is 3.79. The molecular weight excluding hydrogens is 234 g/mol.